The van der Waals surface area contributed by atoms with E-state index in [1.54, 1.807) is 21.3 Å². The molecular formula is C19H20N2O3. The summed E-state index contributed by atoms with van der Waals surface area (Å²) in [5, 5.41) is 9.30. The Hall–Kier alpha value is -3.00. The van der Waals surface area contributed by atoms with E-state index in [2.05, 4.69) is 11.1 Å². The Labute approximate surface area is 142 Å². The molecule has 0 N–H and O–H groups in total. The van der Waals surface area contributed by atoms with Crippen LogP contribution in [0.4, 0.5) is 5.69 Å². The van der Waals surface area contributed by atoms with Gasteiger partial charge in [-0.15, -0.1) is 0 Å². The molecule has 0 aromatic heterocycles. The normalized spacial score (nSPS) is 10.8. The number of nitrogens with zero attached hydrogens (tertiary/aromatic N) is 2. The number of benzene rings is 2. The van der Waals surface area contributed by atoms with Crippen LogP contribution in [0.5, 0.6) is 17.2 Å². The molecular weight excluding hydrogens is 304 g/mol. The minimum Gasteiger partial charge on any atom is -0.493 e. The second kappa shape index (κ2) is 8.59. The van der Waals surface area contributed by atoms with Crippen LogP contribution in [0.15, 0.2) is 47.5 Å². The monoisotopic (exact) mass is 324 g/mol. The van der Waals surface area contributed by atoms with Crippen LogP contribution in [0.25, 0.3) is 0 Å². The van der Waals surface area contributed by atoms with Crippen molar-refractivity contribution in [3.8, 4) is 23.3 Å². The van der Waals surface area contributed by atoms with Crippen molar-refractivity contribution in [2.45, 2.75) is 12.8 Å². The first-order valence-corrected chi connectivity index (χ1v) is 7.53. The average molecular weight is 324 g/mol. The largest absolute Gasteiger partial charge is 0.493 e. The number of hydrogen-bond donors (Lipinski definition) is 0. The molecule has 0 saturated heterocycles. The van der Waals surface area contributed by atoms with Crippen LogP contribution in [0.1, 0.15) is 12.0 Å². The van der Waals surface area contributed by atoms with E-state index in [0.717, 1.165) is 11.3 Å². The van der Waals surface area contributed by atoms with Gasteiger partial charge in [-0.1, -0.05) is 18.2 Å². The van der Waals surface area contributed by atoms with Gasteiger partial charge in [0.25, 0.3) is 0 Å². The minimum atomic E-state index is 0.481. The maximum absolute atomic E-state index is 9.30. The summed E-state index contributed by atoms with van der Waals surface area (Å²) < 4.78 is 16.0. The smallest absolute Gasteiger partial charge is 0.203 e. The van der Waals surface area contributed by atoms with Crippen molar-refractivity contribution in [2.24, 2.45) is 4.99 Å². The van der Waals surface area contributed by atoms with Crippen LogP contribution in [0.3, 0.4) is 0 Å². The van der Waals surface area contributed by atoms with Crippen LogP contribution in [0, 0.1) is 11.3 Å². The van der Waals surface area contributed by atoms with Gasteiger partial charge in [0.2, 0.25) is 5.75 Å². The minimum absolute atomic E-state index is 0.481. The second-order valence-corrected chi connectivity index (χ2v) is 5.04. The van der Waals surface area contributed by atoms with Crippen LogP contribution >= 0.6 is 0 Å². The summed E-state index contributed by atoms with van der Waals surface area (Å²) in [5.41, 5.74) is 2.24. The first-order chi connectivity index (χ1) is 11.7. The first-order valence-electron chi connectivity index (χ1n) is 7.53. The van der Waals surface area contributed by atoms with E-state index >= 15 is 0 Å². The molecule has 2 aromatic rings. The lowest BCUT2D eigenvalue weighted by Gasteiger charge is -2.14. The zero-order chi connectivity index (χ0) is 17.4. The van der Waals surface area contributed by atoms with Gasteiger partial charge in [-0.05, 0) is 36.2 Å². The second-order valence-electron chi connectivity index (χ2n) is 5.04. The highest BCUT2D eigenvalue weighted by atomic mass is 16.5. The molecule has 0 aliphatic rings. The average Bonchev–Trinajstić information content (AvgIpc) is 2.64. The highest BCUT2D eigenvalue weighted by Crippen LogP contribution is 2.38. The van der Waals surface area contributed by atoms with Gasteiger partial charge < -0.3 is 14.2 Å². The summed E-state index contributed by atoms with van der Waals surface area (Å²) in [5.74, 6) is 1.76. The molecule has 24 heavy (non-hydrogen) atoms. The zero-order valence-electron chi connectivity index (χ0n) is 14.1. The predicted molar refractivity (Wildman–Crippen MR) is 93.6 cm³/mol. The van der Waals surface area contributed by atoms with E-state index in [0.29, 0.717) is 35.8 Å². The van der Waals surface area contributed by atoms with Crippen molar-refractivity contribution in [1.82, 2.24) is 0 Å². The van der Waals surface area contributed by atoms with Gasteiger partial charge in [-0.2, -0.15) is 5.26 Å². The summed E-state index contributed by atoms with van der Waals surface area (Å²) >= 11 is 0. The lowest BCUT2D eigenvalue weighted by atomic mass is 10.1. The van der Waals surface area contributed by atoms with Crippen molar-refractivity contribution < 1.29 is 14.2 Å². The molecule has 0 bridgehead atoms. The molecule has 2 aromatic carbocycles. The fraction of sp³-hybridized carbons (Fsp3) is 0.263. The summed E-state index contributed by atoms with van der Waals surface area (Å²) in [6, 6.07) is 15.4. The Kier molecular flexibility index (Phi) is 6.21. The van der Waals surface area contributed by atoms with E-state index in [4.69, 9.17) is 14.2 Å². The molecule has 0 heterocycles. The maximum atomic E-state index is 9.30. The molecule has 5 heteroatoms. The van der Waals surface area contributed by atoms with E-state index in [1.165, 1.54) is 0 Å². The lowest BCUT2D eigenvalue weighted by Crippen LogP contribution is -2.00. The molecule has 0 spiro atoms. The third-order valence-corrected chi connectivity index (χ3v) is 3.52. The van der Waals surface area contributed by atoms with Crippen LogP contribution in [-0.4, -0.2) is 27.0 Å². The van der Waals surface area contributed by atoms with Gasteiger partial charge in [0.05, 0.1) is 27.0 Å². The Morgan fingerprint density at radius 2 is 1.62 bits per heavy atom. The van der Waals surface area contributed by atoms with Crippen LogP contribution in [-0.2, 0) is 6.42 Å². The molecule has 124 valence electrons. The van der Waals surface area contributed by atoms with Gasteiger partial charge in [0.15, 0.2) is 11.5 Å². The van der Waals surface area contributed by atoms with E-state index in [9.17, 15) is 5.26 Å². The fourth-order valence-corrected chi connectivity index (χ4v) is 2.34. The van der Waals surface area contributed by atoms with Crippen molar-refractivity contribution in [2.75, 3.05) is 21.3 Å². The van der Waals surface area contributed by atoms with E-state index in [1.807, 2.05) is 42.5 Å². The molecule has 0 aliphatic heterocycles. The first kappa shape index (κ1) is 17.4. The zero-order valence-corrected chi connectivity index (χ0v) is 14.1. The molecule has 0 aliphatic carbocycles. The van der Waals surface area contributed by atoms with Gasteiger partial charge in [0.1, 0.15) is 11.8 Å². The summed E-state index contributed by atoms with van der Waals surface area (Å²) in [7, 11) is 4.73. The molecule has 0 unspecified atom stereocenters. The molecule has 0 radical (unpaired) electrons. The quantitative estimate of drug-likeness (QED) is 0.724. The van der Waals surface area contributed by atoms with Gasteiger partial charge in [-0.25, -0.2) is 4.99 Å². The molecule has 0 fully saturated rings. The molecule has 0 saturated carbocycles. The molecule has 2 rings (SSSR count). The number of nitriles is 1. The number of aliphatic imine (C=N–C) groups is 1. The summed E-state index contributed by atoms with van der Waals surface area (Å²) in [4.78, 5) is 4.38. The third-order valence-electron chi connectivity index (χ3n) is 3.52. The Morgan fingerprint density at radius 3 is 2.12 bits per heavy atom. The summed E-state index contributed by atoms with van der Waals surface area (Å²) in [6.45, 7) is 0. The van der Waals surface area contributed by atoms with Crippen molar-refractivity contribution in [3.05, 3.63) is 48.0 Å². The Balaban J connectivity index is 2.19. The third kappa shape index (κ3) is 4.26. The molecule has 0 atom stereocenters. The van der Waals surface area contributed by atoms with E-state index in [-0.39, 0.29) is 0 Å². The van der Waals surface area contributed by atoms with Gasteiger partial charge in [-0.3, -0.25) is 0 Å². The van der Waals surface area contributed by atoms with Crippen LogP contribution < -0.4 is 14.2 Å². The van der Waals surface area contributed by atoms with Crippen LogP contribution in [0.2, 0.25) is 0 Å². The standard InChI is InChI=1S/C19H20N2O3/c1-22-17-11-14(12-18(23-2)19(17)24-3)9-10-16(13-20)21-15-7-5-4-6-8-15/h4-8,11-12H,9-10H2,1-3H3. The van der Waals surface area contributed by atoms with Gasteiger partial charge in [0, 0.05) is 6.42 Å². The van der Waals surface area contributed by atoms with Crippen molar-refractivity contribution >= 4 is 11.4 Å². The topological polar surface area (TPSA) is 63.8 Å². The number of rotatable bonds is 7. The van der Waals surface area contributed by atoms with Gasteiger partial charge >= 0.3 is 0 Å². The Morgan fingerprint density at radius 1 is 1.00 bits per heavy atom. The highest BCUT2D eigenvalue weighted by Gasteiger charge is 2.13. The SMILES string of the molecule is COc1cc(CCC(C#N)=Nc2ccccc2)cc(OC)c1OC. The number of aryl methyl sites for hydroxylation is 1. The number of para-hydroxylation sites is 1. The fourth-order valence-electron chi connectivity index (χ4n) is 2.34. The lowest BCUT2D eigenvalue weighted by molar-refractivity contribution is 0.324. The highest BCUT2D eigenvalue weighted by molar-refractivity contribution is 6.00. The van der Waals surface area contributed by atoms with E-state index < -0.39 is 0 Å². The number of ether oxygens (including phenoxy) is 3. The Bertz CT molecular complexity index is 724. The maximum Gasteiger partial charge on any atom is 0.203 e. The molecule has 5 nitrogen and oxygen atoms in total. The molecule has 0 amide bonds. The number of methoxy groups -OCH3 is 3. The van der Waals surface area contributed by atoms with Crippen molar-refractivity contribution in [3.63, 3.8) is 0 Å². The van der Waals surface area contributed by atoms with Crippen molar-refractivity contribution in [1.29, 1.82) is 5.26 Å². The predicted octanol–water partition coefficient (Wildman–Crippen LogP) is 3.94. The summed E-state index contributed by atoms with van der Waals surface area (Å²) in [6.07, 6.45) is 1.18. The number of hydrogen-bond acceptors (Lipinski definition) is 5.